The molecule has 0 aliphatic carbocycles. The molecule has 6 heteroatoms. The molecule has 2 aromatic rings. The van der Waals surface area contributed by atoms with Crippen LogP contribution in [-0.4, -0.2) is 25.1 Å². The molecule has 0 saturated carbocycles. The lowest BCUT2D eigenvalue weighted by atomic mass is 10.1. The Bertz CT molecular complexity index is 989. The number of esters is 1. The molecule has 228 valence electrons. The lowest BCUT2D eigenvalue weighted by Crippen LogP contribution is -2.12. The van der Waals surface area contributed by atoms with Crippen LogP contribution in [0.4, 0.5) is 5.69 Å². The van der Waals surface area contributed by atoms with Crippen LogP contribution in [0, 0.1) is 0 Å². The zero-order valence-corrected chi connectivity index (χ0v) is 25.8. The van der Waals surface area contributed by atoms with Gasteiger partial charge in [-0.05, 0) is 49.2 Å². The van der Waals surface area contributed by atoms with E-state index in [2.05, 4.69) is 19.2 Å². The molecule has 0 aliphatic rings. The highest BCUT2D eigenvalue weighted by molar-refractivity contribution is 6.04. The van der Waals surface area contributed by atoms with Crippen molar-refractivity contribution in [2.24, 2.45) is 0 Å². The second kappa shape index (κ2) is 21.7. The molecule has 2 rings (SSSR count). The number of carbonyl (C=O) groups excluding carboxylic acids is 2. The molecule has 1 amide bonds. The molecule has 0 aromatic heterocycles. The number of rotatable bonds is 23. The third-order valence-electron chi connectivity index (χ3n) is 7.09. The molecule has 0 radical (unpaired) electrons. The van der Waals surface area contributed by atoms with Crippen LogP contribution in [0.15, 0.2) is 42.5 Å². The predicted molar refractivity (Wildman–Crippen MR) is 168 cm³/mol. The standard InChI is InChI=1S/C35H53NO5/c1-4-6-8-10-12-14-16-18-26-39-33-25-22-31(28-34(33)40-27-19-17-15-13-11-9-7-5-2)36-35(38)30-20-23-32(24-21-30)41-29(3)37/h20-25,28H,4-19,26-27H2,1-3H3,(H,36,38). The summed E-state index contributed by atoms with van der Waals surface area (Å²) < 4.78 is 17.3. The average Bonchev–Trinajstić information content (AvgIpc) is 2.96. The fraction of sp³-hybridized carbons (Fsp3) is 0.600. The predicted octanol–water partition coefficient (Wildman–Crippen LogP) is 9.90. The van der Waals surface area contributed by atoms with Gasteiger partial charge < -0.3 is 19.5 Å². The highest BCUT2D eigenvalue weighted by Crippen LogP contribution is 2.31. The number of anilines is 1. The van der Waals surface area contributed by atoms with Crippen molar-refractivity contribution in [3.8, 4) is 17.2 Å². The van der Waals surface area contributed by atoms with E-state index in [1.165, 1.54) is 90.4 Å². The van der Waals surface area contributed by atoms with Gasteiger partial charge in [0.15, 0.2) is 11.5 Å². The molecule has 0 saturated heterocycles. The number of hydrogen-bond donors (Lipinski definition) is 1. The highest BCUT2D eigenvalue weighted by atomic mass is 16.5. The lowest BCUT2D eigenvalue weighted by Gasteiger charge is -2.15. The fourth-order valence-corrected chi connectivity index (χ4v) is 4.70. The largest absolute Gasteiger partial charge is 0.490 e. The van der Waals surface area contributed by atoms with E-state index in [-0.39, 0.29) is 5.91 Å². The lowest BCUT2D eigenvalue weighted by molar-refractivity contribution is -0.131. The van der Waals surface area contributed by atoms with Gasteiger partial charge in [0.1, 0.15) is 5.75 Å². The number of benzene rings is 2. The number of ether oxygens (including phenoxy) is 3. The van der Waals surface area contributed by atoms with Gasteiger partial charge in [0.05, 0.1) is 13.2 Å². The quantitative estimate of drug-likeness (QED) is 0.0821. The van der Waals surface area contributed by atoms with Gasteiger partial charge in [0.25, 0.3) is 5.91 Å². The number of amides is 1. The van der Waals surface area contributed by atoms with Crippen LogP contribution in [-0.2, 0) is 4.79 Å². The maximum atomic E-state index is 12.8. The van der Waals surface area contributed by atoms with Crippen LogP contribution in [0.1, 0.15) is 134 Å². The van der Waals surface area contributed by atoms with E-state index >= 15 is 0 Å². The summed E-state index contributed by atoms with van der Waals surface area (Å²) >= 11 is 0. The summed E-state index contributed by atoms with van der Waals surface area (Å²) in [6.07, 6.45) is 20.0. The summed E-state index contributed by atoms with van der Waals surface area (Å²) in [5.74, 6) is 1.14. The van der Waals surface area contributed by atoms with Gasteiger partial charge in [-0.2, -0.15) is 0 Å². The first-order chi connectivity index (χ1) is 20.0. The molecular formula is C35H53NO5. The van der Waals surface area contributed by atoms with Crippen LogP contribution < -0.4 is 19.5 Å². The number of hydrogen-bond acceptors (Lipinski definition) is 5. The molecule has 0 spiro atoms. The smallest absolute Gasteiger partial charge is 0.308 e. The topological polar surface area (TPSA) is 73.9 Å². The summed E-state index contributed by atoms with van der Waals surface area (Å²) in [6, 6.07) is 12.1. The Hall–Kier alpha value is -3.02. The highest BCUT2D eigenvalue weighted by Gasteiger charge is 2.12. The second-order valence-corrected chi connectivity index (χ2v) is 10.9. The molecule has 41 heavy (non-hydrogen) atoms. The molecule has 0 heterocycles. The molecule has 2 aromatic carbocycles. The Morgan fingerprint density at radius 2 is 1.10 bits per heavy atom. The van der Waals surface area contributed by atoms with Crippen molar-refractivity contribution in [3.05, 3.63) is 48.0 Å². The normalized spacial score (nSPS) is 10.8. The van der Waals surface area contributed by atoms with Crippen molar-refractivity contribution in [2.45, 2.75) is 124 Å². The Kier molecular flexibility index (Phi) is 18.1. The van der Waals surface area contributed by atoms with E-state index in [9.17, 15) is 9.59 Å². The van der Waals surface area contributed by atoms with Crippen LogP contribution in [0.2, 0.25) is 0 Å². The van der Waals surface area contributed by atoms with Crippen LogP contribution in [0.3, 0.4) is 0 Å². The van der Waals surface area contributed by atoms with Gasteiger partial charge in [0.2, 0.25) is 0 Å². The monoisotopic (exact) mass is 567 g/mol. The minimum Gasteiger partial charge on any atom is -0.490 e. The summed E-state index contributed by atoms with van der Waals surface area (Å²) in [7, 11) is 0. The van der Waals surface area contributed by atoms with E-state index in [1.54, 1.807) is 24.3 Å². The van der Waals surface area contributed by atoms with E-state index in [1.807, 2.05) is 18.2 Å². The number of unbranched alkanes of at least 4 members (excludes halogenated alkanes) is 14. The minimum atomic E-state index is -0.397. The average molecular weight is 568 g/mol. The van der Waals surface area contributed by atoms with Gasteiger partial charge >= 0.3 is 5.97 Å². The molecule has 0 unspecified atom stereocenters. The summed E-state index contributed by atoms with van der Waals surface area (Å²) in [6.45, 7) is 7.12. The van der Waals surface area contributed by atoms with Crippen molar-refractivity contribution >= 4 is 17.6 Å². The Morgan fingerprint density at radius 1 is 0.610 bits per heavy atom. The van der Waals surface area contributed by atoms with Gasteiger partial charge in [-0.15, -0.1) is 0 Å². The number of carbonyl (C=O) groups is 2. The molecule has 0 atom stereocenters. The first kappa shape index (κ1) is 34.2. The summed E-state index contributed by atoms with van der Waals surface area (Å²) in [5.41, 5.74) is 1.11. The van der Waals surface area contributed by atoms with Crippen molar-refractivity contribution in [1.82, 2.24) is 0 Å². The SMILES string of the molecule is CCCCCCCCCCOc1ccc(NC(=O)c2ccc(OC(C)=O)cc2)cc1OCCCCCCCCCC. The second-order valence-electron chi connectivity index (χ2n) is 10.9. The van der Waals surface area contributed by atoms with Gasteiger partial charge in [-0.3, -0.25) is 9.59 Å². The van der Waals surface area contributed by atoms with E-state index in [0.29, 0.717) is 36.0 Å². The van der Waals surface area contributed by atoms with Crippen molar-refractivity contribution in [3.63, 3.8) is 0 Å². The molecule has 0 fully saturated rings. The van der Waals surface area contributed by atoms with E-state index in [0.717, 1.165) is 25.0 Å². The van der Waals surface area contributed by atoms with Crippen molar-refractivity contribution in [1.29, 1.82) is 0 Å². The van der Waals surface area contributed by atoms with Crippen molar-refractivity contribution in [2.75, 3.05) is 18.5 Å². The van der Waals surface area contributed by atoms with E-state index in [4.69, 9.17) is 14.2 Å². The first-order valence-electron chi connectivity index (χ1n) is 16.0. The maximum Gasteiger partial charge on any atom is 0.308 e. The van der Waals surface area contributed by atoms with Crippen molar-refractivity contribution < 1.29 is 23.8 Å². The fourth-order valence-electron chi connectivity index (χ4n) is 4.70. The molecule has 0 aliphatic heterocycles. The molecule has 6 nitrogen and oxygen atoms in total. The third kappa shape index (κ3) is 15.5. The molecular weight excluding hydrogens is 514 g/mol. The van der Waals surface area contributed by atoms with Gasteiger partial charge in [-0.1, -0.05) is 104 Å². The summed E-state index contributed by atoms with van der Waals surface area (Å²) in [5, 5.41) is 2.94. The molecule has 0 bridgehead atoms. The van der Waals surface area contributed by atoms with Crippen LogP contribution >= 0.6 is 0 Å². The van der Waals surface area contributed by atoms with Gasteiger partial charge in [-0.25, -0.2) is 0 Å². The zero-order chi connectivity index (χ0) is 29.5. The Balaban J connectivity index is 1.89. The molecule has 1 N–H and O–H groups in total. The third-order valence-corrected chi connectivity index (χ3v) is 7.09. The first-order valence-corrected chi connectivity index (χ1v) is 16.0. The Morgan fingerprint density at radius 3 is 1.61 bits per heavy atom. The van der Waals surface area contributed by atoms with Crippen LogP contribution in [0.5, 0.6) is 17.2 Å². The zero-order valence-electron chi connectivity index (χ0n) is 25.8. The van der Waals surface area contributed by atoms with E-state index < -0.39 is 5.97 Å². The number of nitrogens with one attached hydrogen (secondary N) is 1. The minimum absolute atomic E-state index is 0.249. The Labute approximate surface area is 248 Å². The maximum absolute atomic E-state index is 12.8. The van der Waals surface area contributed by atoms with Crippen LogP contribution in [0.25, 0.3) is 0 Å². The van der Waals surface area contributed by atoms with Gasteiger partial charge in [0, 0.05) is 24.2 Å². The summed E-state index contributed by atoms with van der Waals surface area (Å²) in [4.78, 5) is 24.0.